The first-order valence-electron chi connectivity index (χ1n) is 5.28. The third kappa shape index (κ3) is 4.42. The van der Waals surface area contributed by atoms with E-state index in [-0.39, 0.29) is 0 Å². The SMILES string of the molecule is CC1CCOC1.CC1CCS(=O)(=O)C1. The Kier molecular flexibility index (Phi) is 4.38. The molecule has 0 amide bonds. The van der Waals surface area contributed by atoms with Gasteiger partial charge in [0, 0.05) is 13.2 Å². The highest BCUT2D eigenvalue weighted by Gasteiger charge is 2.23. The van der Waals surface area contributed by atoms with Crippen molar-refractivity contribution in [3.63, 3.8) is 0 Å². The van der Waals surface area contributed by atoms with Crippen molar-refractivity contribution in [1.29, 1.82) is 0 Å². The van der Waals surface area contributed by atoms with Crippen LogP contribution in [0, 0.1) is 11.8 Å². The van der Waals surface area contributed by atoms with Crippen LogP contribution in [0.15, 0.2) is 0 Å². The molecule has 0 N–H and O–H groups in total. The maximum absolute atomic E-state index is 10.6. The molecule has 2 aliphatic heterocycles. The van der Waals surface area contributed by atoms with E-state index in [9.17, 15) is 8.42 Å². The van der Waals surface area contributed by atoms with Gasteiger partial charge in [-0.3, -0.25) is 0 Å². The van der Waals surface area contributed by atoms with Crippen LogP contribution in [0.5, 0.6) is 0 Å². The highest BCUT2D eigenvalue weighted by Crippen LogP contribution is 2.16. The highest BCUT2D eigenvalue weighted by molar-refractivity contribution is 7.91. The molecule has 4 heteroatoms. The summed E-state index contributed by atoms with van der Waals surface area (Å²) >= 11 is 0. The van der Waals surface area contributed by atoms with Crippen LogP contribution in [0.3, 0.4) is 0 Å². The zero-order chi connectivity index (χ0) is 10.6. The van der Waals surface area contributed by atoms with Gasteiger partial charge in [-0.15, -0.1) is 0 Å². The normalized spacial score (nSPS) is 35.0. The van der Waals surface area contributed by atoms with Crippen LogP contribution < -0.4 is 0 Å². The van der Waals surface area contributed by atoms with Gasteiger partial charge in [0.15, 0.2) is 9.84 Å². The predicted molar refractivity (Wildman–Crippen MR) is 57.0 cm³/mol. The van der Waals surface area contributed by atoms with Crippen molar-refractivity contribution in [2.45, 2.75) is 26.7 Å². The van der Waals surface area contributed by atoms with E-state index in [0.717, 1.165) is 25.6 Å². The monoisotopic (exact) mass is 220 g/mol. The van der Waals surface area contributed by atoms with E-state index in [2.05, 4.69) is 6.92 Å². The summed E-state index contributed by atoms with van der Waals surface area (Å²) in [4.78, 5) is 0. The van der Waals surface area contributed by atoms with E-state index in [1.54, 1.807) is 0 Å². The van der Waals surface area contributed by atoms with Crippen molar-refractivity contribution >= 4 is 9.84 Å². The molecule has 2 unspecified atom stereocenters. The molecule has 2 saturated heterocycles. The number of hydrogen-bond acceptors (Lipinski definition) is 3. The Bertz CT molecular complexity index is 253. The second-order valence-corrected chi connectivity index (χ2v) is 6.71. The van der Waals surface area contributed by atoms with E-state index < -0.39 is 9.84 Å². The molecule has 0 aromatic rings. The van der Waals surface area contributed by atoms with Gasteiger partial charge in [0.25, 0.3) is 0 Å². The maximum atomic E-state index is 10.6. The number of ether oxygens (including phenoxy) is 1. The first-order chi connectivity index (χ1) is 6.49. The average Bonchev–Trinajstić information content (AvgIpc) is 2.62. The Morgan fingerprint density at radius 1 is 1.14 bits per heavy atom. The molecule has 2 aliphatic rings. The van der Waals surface area contributed by atoms with Gasteiger partial charge in [-0.2, -0.15) is 0 Å². The lowest BCUT2D eigenvalue weighted by Crippen LogP contribution is -2.01. The molecule has 0 aliphatic carbocycles. The van der Waals surface area contributed by atoms with Crippen LogP contribution >= 0.6 is 0 Å². The van der Waals surface area contributed by atoms with Crippen molar-refractivity contribution in [2.24, 2.45) is 11.8 Å². The molecular formula is C10H20O3S. The van der Waals surface area contributed by atoms with Gasteiger partial charge in [-0.05, 0) is 24.7 Å². The van der Waals surface area contributed by atoms with E-state index in [1.807, 2.05) is 6.92 Å². The molecule has 3 nitrogen and oxygen atoms in total. The van der Waals surface area contributed by atoms with Crippen LogP contribution in [0.2, 0.25) is 0 Å². The molecule has 0 radical (unpaired) electrons. The van der Waals surface area contributed by atoms with E-state index in [0.29, 0.717) is 17.4 Å². The van der Waals surface area contributed by atoms with Crippen LogP contribution in [-0.2, 0) is 14.6 Å². The fourth-order valence-electron chi connectivity index (χ4n) is 1.63. The van der Waals surface area contributed by atoms with E-state index >= 15 is 0 Å². The van der Waals surface area contributed by atoms with Gasteiger partial charge in [0.05, 0.1) is 11.5 Å². The summed E-state index contributed by atoms with van der Waals surface area (Å²) in [5.41, 5.74) is 0. The Labute approximate surface area is 86.8 Å². The van der Waals surface area contributed by atoms with Gasteiger partial charge in [-0.1, -0.05) is 13.8 Å². The molecule has 2 heterocycles. The summed E-state index contributed by atoms with van der Waals surface area (Å²) in [6.07, 6.45) is 2.13. The molecule has 0 aromatic heterocycles. The molecule has 2 rings (SSSR count). The second-order valence-electron chi connectivity index (χ2n) is 4.48. The van der Waals surface area contributed by atoms with Gasteiger partial charge in [0.2, 0.25) is 0 Å². The third-order valence-corrected chi connectivity index (χ3v) is 4.55. The van der Waals surface area contributed by atoms with E-state index in [1.165, 1.54) is 6.42 Å². The fourth-order valence-corrected chi connectivity index (χ4v) is 3.60. The lowest BCUT2D eigenvalue weighted by Gasteiger charge is -1.90. The summed E-state index contributed by atoms with van der Waals surface area (Å²) in [7, 11) is -2.60. The molecule has 84 valence electrons. The maximum Gasteiger partial charge on any atom is 0.150 e. The smallest absolute Gasteiger partial charge is 0.150 e. The largest absolute Gasteiger partial charge is 0.381 e. The topological polar surface area (TPSA) is 43.4 Å². The minimum atomic E-state index is -2.60. The fraction of sp³-hybridized carbons (Fsp3) is 1.00. The number of rotatable bonds is 0. The second kappa shape index (κ2) is 5.12. The van der Waals surface area contributed by atoms with Crippen molar-refractivity contribution in [1.82, 2.24) is 0 Å². The van der Waals surface area contributed by atoms with Crippen molar-refractivity contribution in [2.75, 3.05) is 24.7 Å². The zero-order valence-corrected chi connectivity index (χ0v) is 9.85. The minimum absolute atomic E-state index is 0.403. The lowest BCUT2D eigenvalue weighted by molar-refractivity contribution is 0.188. The van der Waals surface area contributed by atoms with Crippen molar-refractivity contribution < 1.29 is 13.2 Å². The Morgan fingerprint density at radius 2 is 1.86 bits per heavy atom. The molecule has 0 aromatic carbocycles. The molecule has 0 spiro atoms. The van der Waals surface area contributed by atoms with Gasteiger partial charge in [0.1, 0.15) is 0 Å². The number of sulfone groups is 1. The first kappa shape index (κ1) is 12.0. The summed E-state index contributed by atoms with van der Waals surface area (Å²) in [6, 6.07) is 0. The average molecular weight is 220 g/mol. The Balaban J connectivity index is 0.000000146. The molecule has 2 atom stereocenters. The number of hydrogen-bond donors (Lipinski definition) is 0. The third-order valence-electron chi connectivity index (χ3n) is 2.62. The summed E-state index contributed by atoms with van der Waals surface area (Å²) in [5.74, 6) is 2.05. The van der Waals surface area contributed by atoms with Gasteiger partial charge < -0.3 is 4.74 Å². The zero-order valence-electron chi connectivity index (χ0n) is 9.03. The van der Waals surface area contributed by atoms with Gasteiger partial charge >= 0.3 is 0 Å². The predicted octanol–water partition coefficient (Wildman–Crippen LogP) is 1.48. The molecule has 2 fully saturated rings. The van der Waals surface area contributed by atoms with Crippen molar-refractivity contribution in [3.05, 3.63) is 0 Å². The summed E-state index contributed by atoms with van der Waals surface area (Å²) < 4.78 is 26.3. The first-order valence-corrected chi connectivity index (χ1v) is 7.10. The minimum Gasteiger partial charge on any atom is -0.381 e. The molecule has 14 heavy (non-hydrogen) atoms. The lowest BCUT2D eigenvalue weighted by atomic mass is 10.2. The standard InChI is InChI=1S/C5H10O2S.C5H10O/c1-5-2-3-8(6,7)4-5;1-5-2-3-6-4-5/h5H,2-4H2,1H3;5H,2-4H2,1H3. The van der Waals surface area contributed by atoms with Gasteiger partial charge in [-0.25, -0.2) is 8.42 Å². The van der Waals surface area contributed by atoms with Crippen LogP contribution in [0.4, 0.5) is 0 Å². The Hall–Kier alpha value is -0.0900. The summed E-state index contributed by atoms with van der Waals surface area (Å²) in [6.45, 7) is 6.17. The van der Waals surface area contributed by atoms with Crippen LogP contribution in [-0.4, -0.2) is 33.1 Å². The Morgan fingerprint density at radius 3 is 2.00 bits per heavy atom. The van der Waals surface area contributed by atoms with Crippen molar-refractivity contribution in [3.8, 4) is 0 Å². The highest BCUT2D eigenvalue weighted by atomic mass is 32.2. The van der Waals surface area contributed by atoms with Crippen LogP contribution in [0.25, 0.3) is 0 Å². The summed E-state index contributed by atoms with van der Waals surface area (Å²) in [5, 5.41) is 0. The molecule has 0 bridgehead atoms. The van der Waals surface area contributed by atoms with Crippen LogP contribution in [0.1, 0.15) is 26.7 Å². The molecular weight excluding hydrogens is 200 g/mol. The van der Waals surface area contributed by atoms with E-state index in [4.69, 9.17) is 4.74 Å². The molecule has 0 saturated carbocycles. The quantitative estimate of drug-likeness (QED) is 0.621.